The summed E-state index contributed by atoms with van der Waals surface area (Å²) in [5, 5.41) is 3.47. The summed E-state index contributed by atoms with van der Waals surface area (Å²) in [5.41, 5.74) is 1.88. The van der Waals surface area contributed by atoms with Crippen molar-refractivity contribution >= 4 is 17.0 Å². The smallest absolute Gasteiger partial charge is 0.408 e. The van der Waals surface area contributed by atoms with Gasteiger partial charge in [0.1, 0.15) is 5.52 Å². The number of carbonyl (C=O) groups excluding carboxylic acids is 1. The van der Waals surface area contributed by atoms with Gasteiger partial charge in [0.2, 0.25) is 0 Å². The Labute approximate surface area is 147 Å². The molecule has 0 radical (unpaired) electrons. The van der Waals surface area contributed by atoms with Crippen LogP contribution in [0.5, 0.6) is 5.75 Å². The Morgan fingerprint density at radius 1 is 1.28 bits per heavy atom. The zero-order chi connectivity index (χ0) is 17.6. The summed E-state index contributed by atoms with van der Waals surface area (Å²) in [7, 11) is 1.53. The molecule has 1 fully saturated rings. The predicted octanol–water partition coefficient (Wildman–Crippen LogP) is 1.70. The van der Waals surface area contributed by atoms with E-state index in [0.29, 0.717) is 17.8 Å². The van der Waals surface area contributed by atoms with Gasteiger partial charge in [-0.2, -0.15) is 0 Å². The summed E-state index contributed by atoms with van der Waals surface area (Å²) in [6.45, 7) is 5.49. The zero-order valence-electron chi connectivity index (χ0n) is 14.4. The molecule has 0 unspecified atom stereocenters. The molecule has 6 heteroatoms. The number of terminal acetylenes is 1. The molecule has 3 rings (SSSR count). The quantitative estimate of drug-likeness (QED) is 0.860. The number of aromatic nitrogens is 1. The topological polar surface area (TPSA) is 57.7 Å². The summed E-state index contributed by atoms with van der Waals surface area (Å²) in [6, 6.07) is 7.74. The van der Waals surface area contributed by atoms with E-state index in [1.165, 1.54) is 12.6 Å². The number of nitrogens with one attached hydrogen (secondary N) is 1. The van der Waals surface area contributed by atoms with Crippen molar-refractivity contribution in [3.63, 3.8) is 0 Å². The average Bonchev–Trinajstić information content (AvgIpc) is 2.65. The molecule has 1 saturated heterocycles. The second-order valence-corrected chi connectivity index (χ2v) is 6.02. The molecule has 0 aliphatic carbocycles. The third-order valence-corrected chi connectivity index (χ3v) is 4.40. The van der Waals surface area contributed by atoms with E-state index >= 15 is 0 Å². The van der Waals surface area contributed by atoms with Crippen molar-refractivity contribution in [3.05, 3.63) is 36.0 Å². The molecule has 1 N–H and O–H groups in total. The van der Waals surface area contributed by atoms with Crippen LogP contribution in [0.25, 0.3) is 10.9 Å². The second kappa shape index (κ2) is 7.97. The molecule has 0 bridgehead atoms. The SMILES string of the molecule is C#CCN1CCN(Cc2ccc(OC(=O)NC)c3ncccc23)CC1. The van der Waals surface area contributed by atoms with Gasteiger partial charge >= 0.3 is 6.09 Å². The fourth-order valence-corrected chi connectivity index (χ4v) is 3.05. The molecule has 2 heterocycles. The first-order valence-electron chi connectivity index (χ1n) is 8.35. The van der Waals surface area contributed by atoms with Crippen molar-refractivity contribution in [3.8, 4) is 18.1 Å². The second-order valence-electron chi connectivity index (χ2n) is 6.02. The molecule has 0 saturated carbocycles. The minimum Gasteiger partial charge on any atom is -0.408 e. The largest absolute Gasteiger partial charge is 0.412 e. The first kappa shape index (κ1) is 17.2. The first-order valence-corrected chi connectivity index (χ1v) is 8.35. The Hall–Kier alpha value is -2.62. The van der Waals surface area contributed by atoms with E-state index in [4.69, 9.17) is 11.2 Å². The van der Waals surface area contributed by atoms with Crippen LogP contribution >= 0.6 is 0 Å². The molecule has 1 aliphatic rings. The van der Waals surface area contributed by atoms with Crippen molar-refractivity contribution in [2.24, 2.45) is 0 Å². The summed E-state index contributed by atoms with van der Waals surface area (Å²) in [6.07, 6.45) is 6.60. The standard InChI is InChI=1S/C19H22N4O2/c1-3-9-22-10-12-23(13-11-22)14-15-6-7-17(25-19(24)20-2)18-16(15)5-4-8-21-18/h1,4-8H,9-14H2,2H3,(H,20,24). The number of ether oxygens (including phenoxy) is 1. The van der Waals surface area contributed by atoms with E-state index in [1.807, 2.05) is 24.3 Å². The monoisotopic (exact) mass is 338 g/mol. The lowest BCUT2D eigenvalue weighted by molar-refractivity contribution is 0.139. The minimum atomic E-state index is -0.496. The number of hydrogen-bond donors (Lipinski definition) is 1. The number of rotatable bonds is 4. The van der Waals surface area contributed by atoms with Crippen molar-refractivity contribution in [2.75, 3.05) is 39.8 Å². The molecule has 0 spiro atoms. The van der Waals surface area contributed by atoms with Crippen LogP contribution in [0.1, 0.15) is 5.56 Å². The number of piperazine rings is 1. The van der Waals surface area contributed by atoms with Crippen molar-refractivity contribution in [2.45, 2.75) is 6.54 Å². The summed E-state index contributed by atoms with van der Waals surface area (Å²) in [5.74, 6) is 3.18. The summed E-state index contributed by atoms with van der Waals surface area (Å²) in [4.78, 5) is 20.6. The molecular formula is C19H22N4O2. The Bertz CT molecular complexity index is 792. The lowest BCUT2D eigenvalue weighted by Gasteiger charge is -2.33. The van der Waals surface area contributed by atoms with Crippen LogP contribution in [-0.2, 0) is 6.54 Å². The number of benzene rings is 1. The molecule has 2 aromatic rings. The predicted molar refractivity (Wildman–Crippen MR) is 97.4 cm³/mol. The van der Waals surface area contributed by atoms with Crippen LogP contribution < -0.4 is 10.1 Å². The maximum Gasteiger partial charge on any atom is 0.412 e. The van der Waals surface area contributed by atoms with Crippen molar-refractivity contribution in [1.82, 2.24) is 20.1 Å². The number of carbonyl (C=O) groups is 1. The Morgan fingerprint density at radius 3 is 2.76 bits per heavy atom. The summed E-state index contributed by atoms with van der Waals surface area (Å²) < 4.78 is 5.31. The van der Waals surface area contributed by atoms with E-state index in [9.17, 15) is 4.79 Å². The maximum atomic E-state index is 11.5. The number of fused-ring (bicyclic) bond motifs is 1. The maximum absolute atomic E-state index is 11.5. The Kier molecular flexibility index (Phi) is 5.49. The highest BCUT2D eigenvalue weighted by Gasteiger charge is 2.18. The van der Waals surface area contributed by atoms with Gasteiger partial charge in [0.15, 0.2) is 5.75 Å². The van der Waals surface area contributed by atoms with Gasteiger partial charge in [0.25, 0.3) is 0 Å². The van der Waals surface area contributed by atoms with Gasteiger partial charge in [-0.05, 0) is 17.7 Å². The Balaban J connectivity index is 1.78. The highest BCUT2D eigenvalue weighted by Crippen LogP contribution is 2.28. The number of hydrogen-bond acceptors (Lipinski definition) is 5. The molecule has 0 atom stereocenters. The van der Waals surface area contributed by atoms with E-state index in [1.54, 1.807) is 6.20 Å². The van der Waals surface area contributed by atoms with Gasteiger partial charge in [-0.25, -0.2) is 4.79 Å². The van der Waals surface area contributed by atoms with E-state index < -0.39 is 6.09 Å². The van der Waals surface area contributed by atoms with Gasteiger partial charge in [0.05, 0.1) is 6.54 Å². The van der Waals surface area contributed by atoms with Crippen molar-refractivity contribution < 1.29 is 9.53 Å². The van der Waals surface area contributed by atoms with Crippen LogP contribution in [0, 0.1) is 12.3 Å². The van der Waals surface area contributed by atoms with Crippen LogP contribution in [0.4, 0.5) is 4.79 Å². The van der Waals surface area contributed by atoms with Crippen LogP contribution in [0.2, 0.25) is 0 Å². The van der Waals surface area contributed by atoms with Gasteiger partial charge in [-0.1, -0.05) is 18.1 Å². The fraction of sp³-hybridized carbons (Fsp3) is 0.368. The Morgan fingerprint density at radius 2 is 2.04 bits per heavy atom. The molecule has 1 aliphatic heterocycles. The van der Waals surface area contributed by atoms with E-state index in [0.717, 1.165) is 38.1 Å². The third-order valence-electron chi connectivity index (χ3n) is 4.40. The highest BCUT2D eigenvalue weighted by molar-refractivity contribution is 5.89. The molecule has 1 amide bonds. The van der Waals surface area contributed by atoms with Crippen LogP contribution in [0.3, 0.4) is 0 Å². The molecule has 130 valence electrons. The molecule has 1 aromatic carbocycles. The molecule has 25 heavy (non-hydrogen) atoms. The number of pyridine rings is 1. The molecule has 1 aromatic heterocycles. The van der Waals surface area contributed by atoms with Crippen molar-refractivity contribution in [1.29, 1.82) is 0 Å². The first-order chi connectivity index (χ1) is 12.2. The van der Waals surface area contributed by atoms with Crippen LogP contribution in [0.15, 0.2) is 30.5 Å². The normalized spacial score (nSPS) is 15.7. The zero-order valence-corrected chi connectivity index (χ0v) is 14.4. The van der Waals surface area contributed by atoms with Gasteiger partial charge < -0.3 is 10.1 Å². The minimum absolute atomic E-state index is 0.470. The third kappa shape index (κ3) is 4.08. The molecule has 6 nitrogen and oxygen atoms in total. The molecular weight excluding hydrogens is 316 g/mol. The average molecular weight is 338 g/mol. The van der Waals surface area contributed by atoms with Gasteiger partial charge in [0, 0.05) is 51.4 Å². The highest BCUT2D eigenvalue weighted by atomic mass is 16.6. The number of nitrogens with zero attached hydrogens (tertiary/aromatic N) is 3. The number of amides is 1. The van der Waals surface area contributed by atoms with Gasteiger partial charge in [-0.3, -0.25) is 14.8 Å². The fourth-order valence-electron chi connectivity index (χ4n) is 3.05. The lowest BCUT2D eigenvalue weighted by Crippen LogP contribution is -2.45. The van der Waals surface area contributed by atoms with Gasteiger partial charge in [-0.15, -0.1) is 6.42 Å². The van der Waals surface area contributed by atoms with E-state index in [2.05, 4.69) is 26.0 Å². The summed E-state index contributed by atoms with van der Waals surface area (Å²) >= 11 is 0. The lowest BCUT2D eigenvalue weighted by atomic mass is 10.1. The van der Waals surface area contributed by atoms with E-state index in [-0.39, 0.29) is 0 Å². The van der Waals surface area contributed by atoms with Crippen LogP contribution in [-0.4, -0.2) is 60.6 Å².